The summed E-state index contributed by atoms with van der Waals surface area (Å²) in [6, 6.07) is 0. The zero-order valence-electron chi connectivity index (χ0n) is 10.7. The van der Waals surface area contributed by atoms with Crippen molar-refractivity contribution in [2.45, 2.75) is 32.1 Å². The number of aliphatic carboxylic acids is 1. The van der Waals surface area contributed by atoms with Crippen molar-refractivity contribution in [1.29, 1.82) is 0 Å². The standard InChI is InChI=1S/C12H19N3O3S/c13-5-1-3-11-15-9(8-19-11)7-10(16)14-6-2-4-12(17)18/h8H,1-7,13H2,(H,14,16)(H,17,18). The smallest absolute Gasteiger partial charge is 0.303 e. The highest BCUT2D eigenvalue weighted by Crippen LogP contribution is 2.12. The molecular formula is C12H19N3O3S. The Labute approximate surface area is 116 Å². The van der Waals surface area contributed by atoms with Gasteiger partial charge in [0.2, 0.25) is 5.91 Å². The maximum Gasteiger partial charge on any atom is 0.303 e. The predicted molar refractivity (Wildman–Crippen MR) is 73.1 cm³/mol. The third-order valence-electron chi connectivity index (χ3n) is 2.43. The van der Waals surface area contributed by atoms with Gasteiger partial charge in [-0.3, -0.25) is 9.59 Å². The summed E-state index contributed by atoms with van der Waals surface area (Å²) in [4.78, 5) is 26.2. The fourth-order valence-corrected chi connectivity index (χ4v) is 2.33. The van der Waals surface area contributed by atoms with Gasteiger partial charge in [0.15, 0.2) is 0 Å². The Hall–Kier alpha value is -1.47. The van der Waals surface area contributed by atoms with E-state index in [0.717, 1.165) is 23.5 Å². The summed E-state index contributed by atoms with van der Waals surface area (Å²) < 4.78 is 0. The lowest BCUT2D eigenvalue weighted by molar-refractivity contribution is -0.137. The normalized spacial score (nSPS) is 10.4. The molecule has 1 aromatic heterocycles. The van der Waals surface area contributed by atoms with Crippen LogP contribution >= 0.6 is 11.3 Å². The largest absolute Gasteiger partial charge is 0.481 e. The van der Waals surface area contributed by atoms with Crippen molar-refractivity contribution >= 4 is 23.2 Å². The number of aromatic nitrogens is 1. The van der Waals surface area contributed by atoms with E-state index in [9.17, 15) is 9.59 Å². The van der Waals surface area contributed by atoms with Gasteiger partial charge in [-0.05, 0) is 19.4 Å². The Morgan fingerprint density at radius 3 is 2.89 bits per heavy atom. The highest BCUT2D eigenvalue weighted by Gasteiger charge is 2.07. The number of nitrogens with zero attached hydrogens (tertiary/aromatic N) is 1. The number of thiazole rings is 1. The van der Waals surface area contributed by atoms with Gasteiger partial charge in [-0.15, -0.1) is 11.3 Å². The number of aryl methyl sites for hydroxylation is 1. The Morgan fingerprint density at radius 1 is 1.42 bits per heavy atom. The van der Waals surface area contributed by atoms with Crippen LogP contribution in [0.2, 0.25) is 0 Å². The third-order valence-corrected chi connectivity index (χ3v) is 3.38. The molecule has 6 nitrogen and oxygen atoms in total. The summed E-state index contributed by atoms with van der Waals surface area (Å²) in [7, 11) is 0. The molecule has 0 aromatic carbocycles. The van der Waals surface area contributed by atoms with E-state index in [1.165, 1.54) is 11.3 Å². The number of carboxylic acid groups (broad SMARTS) is 1. The van der Waals surface area contributed by atoms with Gasteiger partial charge in [-0.1, -0.05) is 0 Å². The molecule has 0 spiro atoms. The molecule has 0 fully saturated rings. The Bertz CT molecular complexity index is 420. The highest BCUT2D eigenvalue weighted by atomic mass is 32.1. The van der Waals surface area contributed by atoms with Crippen LogP contribution in [-0.2, 0) is 22.4 Å². The molecule has 106 valence electrons. The molecule has 1 heterocycles. The van der Waals surface area contributed by atoms with E-state index in [1.807, 2.05) is 5.38 Å². The maximum atomic E-state index is 11.6. The average Bonchev–Trinajstić information content (AvgIpc) is 2.79. The lowest BCUT2D eigenvalue weighted by Gasteiger charge is -2.02. The molecule has 0 bridgehead atoms. The molecule has 0 aliphatic heterocycles. The number of amides is 1. The summed E-state index contributed by atoms with van der Waals surface area (Å²) >= 11 is 1.54. The predicted octanol–water partition coefficient (Wildman–Crippen LogP) is 0.558. The van der Waals surface area contributed by atoms with Gasteiger partial charge in [-0.25, -0.2) is 4.98 Å². The number of carbonyl (C=O) groups excluding carboxylic acids is 1. The van der Waals surface area contributed by atoms with E-state index in [0.29, 0.717) is 19.5 Å². The zero-order valence-corrected chi connectivity index (χ0v) is 11.5. The van der Waals surface area contributed by atoms with E-state index in [2.05, 4.69) is 10.3 Å². The van der Waals surface area contributed by atoms with Crippen molar-refractivity contribution in [2.24, 2.45) is 5.73 Å². The summed E-state index contributed by atoms with van der Waals surface area (Å²) in [5.41, 5.74) is 6.18. The summed E-state index contributed by atoms with van der Waals surface area (Å²) in [5.74, 6) is -0.973. The van der Waals surface area contributed by atoms with Gasteiger partial charge in [0, 0.05) is 24.8 Å². The quantitative estimate of drug-likeness (QED) is 0.575. The van der Waals surface area contributed by atoms with Crippen LogP contribution in [-0.4, -0.2) is 35.1 Å². The minimum atomic E-state index is -0.849. The molecule has 4 N–H and O–H groups in total. The summed E-state index contributed by atoms with van der Waals surface area (Å²) in [6.45, 7) is 1.02. The average molecular weight is 285 g/mol. The van der Waals surface area contributed by atoms with E-state index in [4.69, 9.17) is 10.8 Å². The van der Waals surface area contributed by atoms with Crippen molar-refractivity contribution in [1.82, 2.24) is 10.3 Å². The molecule has 1 amide bonds. The molecule has 0 radical (unpaired) electrons. The molecule has 0 saturated carbocycles. The first-order valence-corrected chi connectivity index (χ1v) is 7.11. The van der Waals surface area contributed by atoms with Crippen molar-refractivity contribution in [3.8, 4) is 0 Å². The molecule has 1 rings (SSSR count). The molecule has 1 aromatic rings. The molecule has 0 aliphatic rings. The molecule has 19 heavy (non-hydrogen) atoms. The van der Waals surface area contributed by atoms with Gasteiger partial charge in [-0.2, -0.15) is 0 Å². The van der Waals surface area contributed by atoms with Crippen LogP contribution in [0.3, 0.4) is 0 Å². The number of carbonyl (C=O) groups is 2. The lowest BCUT2D eigenvalue weighted by atomic mass is 10.3. The number of nitrogens with two attached hydrogens (primary N) is 1. The van der Waals surface area contributed by atoms with Crippen LogP contribution in [0.25, 0.3) is 0 Å². The van der Waals surface area contributed by atoms with Gasteiger partial charge < -0.3 is 16.2 Å². The number of carboxylic acids is 1. The minimum absolute atomic E-state index is 0.0697. The van der Waals surface area contributed by atoms with Gasteiger partial charge >= 0.3 is 5.97 Å². The molecule has 0 atom stereocenters. The third kappa shape index (κ3) is 6.88. The lowest BCUT2D eigenvalue weighted by Crippen LogP contribution is -2.26. The first kappa shape index (κ1) is 15.6. The minimum Gasteiger partial charge on any atom is -0.481 e. The number of hydrogen-bond donors (Lipinski definition) is 3. The highest BCUT2D eigenvalue weighted by molar-refractivity contribution is 7.09. The Kier molecular flexibility index (Phi) is 7.06. The second-order valence-corrected chi connectivity index (χ2v) is 5.09. The maximum absolute atomic E-state index is 11.6. The van der Waals surface area contributed by atoms with Gasteiger partial charge in [0.1, 0.15) is 0 Å². The molecule has 7 heteroatoms. The van der Waals surface area contributed by atoms with Gasteiger partial charge in [0.25, 0.3) is 0 Å². The number of nitrogens with one attached hydrogen (secondary N) is 1. The topological polar surface area (TPSA) is 105 Å². The summed E-state index contributed by atoms with van der Waals surface area (Å²) in [5, 5.41) is 14.0. The SMILES string of the molecule is NCCCc1nc(CC(=O)NCCCC(=O)O)cs1. The van der Waals surface area contributed by atoms with E-state index in [-0.39, 0.29) is 18.7 Å². The van der Waals surface area contributed by atoms with Crippen molar-refractivity contribution in [3.63, 3.8) is 0 Å². The molecule has 0 unspecified atom stereocenters. The van der Waals surface area contributed by atoms with Crippen molar-refractivity contribution in [2.75, 3.05) is 13.1 Å². The van der Waals surface area contributed by atoms with Crippen molar-refractivity contribution in [3.05, 3.63) is 16.1 Å². The van der Waals surface area contributed by atoms with E-state index >= 15 is 0 Å². The van der Waals surface area contributed by atoms with E-state index in [1.54, 1.807) is 0 Å². The monoisotopic (exact) mass is 285 g/mol. The van der Waals surface area contributed by atoms with Crippen LogP contribution in [0.1, 0.15) is 30.0 Å². The second-order valence-electron chi connectivity index (χ2n) is 4.15. The Morgan fingerprint density at radius 2 is 2.21 bits per heavy atom. The van der Waals surface area contributed by atoms with Crippen LogP contribution in [0.5, 0.6) is 0 Å². The van der Waals surface area contributed by atoms with Crippen molar-refractivity contribution < 1.29 is 14.7 Å². The summed E-state index contributed by atoms with van der Waals surface area (Å²) in [6.07, 6.45) is 2.50. The first-order valence-electron chi connectivity index (χ1n) is 6.23. The van der Waals surface area contributed by atoms with Gasteiger partial charge in [0.05, 0.1) is 17.1 Å². The van der Waals surface area contributed by atoms with Crippen LogP contribution < -0.4 is 11.1 Å². The first-order chi connectivity index (χ1) is 9.11. The number of hydrogen-bond acceptors (Lipinski definition) is 5. The van der Waals surface area contributed by atoms with Crippen LogP contribution in [0.15, 0.2) is 5.38 Å². The van der Waals surface area contributed by atoms with E-state index < -0.39 is 5.97 Å². The second kappa shape index (κ2) is 8.60. The zero-order chi connectivity index (χ0) is 14.1. The fourth-order valence-electron chi connectivity index (χ4n) is 1.49. The molecule has 0 saturated heterocycles. The van der Waals surface area contributed by atoms with Crippen LogP contribution in [0.4, 0.5) is 0 Å². The Balaban J connectivity index is 2.24. The molecular weight excluding hydrogens is 266 g/mol. The number of rotatable bonds is 9. The fraction of sp³-hybridized carbons (Fsp3) is 0.583. The van der Waals surface area contributed by atoms with Crippen LogP contribution in [0, 0.1) is 0 Å². The molecule has 0 aliphatic carbocycles.